The van der Waals surface area contributed by atoms with Crippen molar-refractivity contribution in [1.82, 2.24) is 5.32 Å². The van der Waals surface area contributed by atoms with Crippen molar-refractivity contribution in [2.45, 2.75) is 38.0 Å². The topological polar surface area (TPSA) is 46.2 Å². The van der Waals surface area contributed by atoms with Crippen LogP contribution in [-0.2, 0) is 28.9 Å². The van der Waals surface area contributed by atoms with E-state index in [1.54, 1.807) is 0 Å². The zero-order valence-electron chi connectivity index (χ0n) is 19.5. The van der Waals surface area contributed by atoms with Crippen molar-refractivity contribution in [2.24, 2.45) is 0 Å². The van der Waals surface area contributed by atoms with Crippen LogP contribution in [0.1, 0.15) is 41.0 Å². The fourth-order valence-corrected chi connectivity index (χ4v) is 4.63. The Morgan fingerprint density at radius 3 is 2.09 bits per heavy atom. The van der Waals surface area contributed by atoms with Crippen LogP contribution in [0.5, 0.6) is 0 Å². The molecule has 0 radical (unpaired) electrons. The molecule has 0 heterocycles. The molecule has 0 saturated heterocycles. The lowest BCUT2D eigenvalue weighted by Crippen LogP contribution is -2.27. The Morgan fingerprint density at radius 1 is 0.765 bits per heavy atom. The molecule has 4 aromatic carbocycles. The molecule has 0 spiro atoms. The number of carbonyl (C=O) groups is 2. The molecule has 0 aliphatic rings. The maximum Gasteiger partial charge on any atom is 0.224 e. The maximum atomic E-state index is 12.7. The van der Waals surface area contributed by atoms with Gasteiger partial charge in [0, 0.05) is 13.0 Å². The van der Waals surface area contributed by atoms with Gasteiger partial charge in [0.25, 0.3) is 0 Å². The summed E-state index contributed by atoms with van der Waals surface area (Å²) in [5, 5.41) is 5.37. The van der Waals surface area contributed by atoms with Gasteiger partial charge in [-0.1, -0.05) is 97.1 Å². The first kappa shape index (κ1) is 23.4. The van der Waals surface area contributed by atoms with E-state index in [2.05, 4.69) is 72.0 Å². The number of rotatable bonds is 11. The second-order valence-corrected chi connectivity index (χ2v) is 8.75. The van der Waals surface area contributed by atoms with E-state index < -0.39 is 0 Å². The SMILES string of the molecule is O=CCCC(Cc1ccc(CC(=O)NCCc2ccccc2)c2ccccc12)c1ccccc1. The van der Waals surface area contributed by atoms with Crippen molar-refractivity contribution >= 4 is 23.0 Å². The molecule has 0 fully saturated rings. The highest BCUT2D eigenvalue weighted by atomic mass is 16.1. The second kappa shape index (κ2) is 11.9. The first-order valence-electron chi connectivity index (χ1n) is 12.0. The fraction of sp³-hybridized carbons (Fsp3) is 0.226. The van der Waals surface area contributed by atoms with Gasteiger partial charge < -0.3 is 10.1 Å². The fourth-order valence-electron chi connectivity index (χ4n) is 4.63. The van der Waals surface area contributed by atoms with Gasteiger partial charge in [0.15, 0.2) is 0 Å². The van der Waals surface area contributed by atoms with E-state index >= 15 is 0 Å². The third-order valence-corrected chi connectivity index (χ3v) is 6.40. The molecule has 172 valence electrons. The van der Waals surface area contributed by atoms with Crippen LogP contribution in [0.4, 0.5) is 0 Å². The van der Waals surface area contributed by atoms with Gasteiger partial charge in [0.05, 0.1) is 6.42 Å². The number of hydrogen-bond donors (Lipinski definition) is 1. The average molecular weight is 450 g/mol. The van der Waals surface area contributed by atoms with Gasteiger partial charge in [0.2, 0.25) is 5.91 Å². The molecule has 0 aromatic heterocycles. The van der Waals surface area contributed by atoms with Crippen molar-refractivity contribution in [3.63, 3.8) is 0 Å². The molecule has 3 nitrogen and oxygen atoms in total. The lowest BCUT2D eigenvalue weighted by atomic mass is 9.86. The van der Waals surface area contributed by atoms with Crippen LogP contribution in [0.3, 0.4) is 0 Å². The van der Waals surface area contributed by atoms with Crippen LogP contribution in [-0.4, -0.2) is 18.7 Å². The van der Waals surface area contributed by atoms with Gasteiger partial charge in [-0.2, -0.15) is 0 Å². The van der Waals surface area contributed by atoms with Crippen molar-refractivity contribution in [1.29, 1.82) is 0 Å². The third kappa shape index (κ3) is 6.20. The van der Waals surface area contributed by atoms with E-state index in [4.69, 9.17) is 0 Å². The van der Waals surface area contributed by atoms with E-state index in [1.807, 2.05) is 30.3 Å². The normalized spacial score (nSPS) is 11.8. The Balaban J connectivity index is 1.49. The van der Waals surface area contributed by atoms with Crippen molar-refractivity contribution < 1.29 is 9.59 Å². The minimum Gasteiger partial charge on any atom is -0.355 e. The summed E-state index contributed by atoms with van der Waals surface area (Å²) in [4.78, 5) is 23.7. The summed E-state index contributed by atoms with van der Waals surface area (Å²) < 4.78 is 0. The molecular formula is C31H31NO2. The van der Waals surface area contributed by atoms with Gasteiger partial charge in [0.1, 0.15) is 6.29 Å². The summed E-state index contributed by atoms with van der Waals surface area (Å²) in [6.45, 7) is 0.633. The summed E-state index contributed by atoms with van der Waals surface area (Å²) in [7, 11) is 0. The molecular weight excluding hydrogens is 418 g/mol. The highest BCUT2D eigenvalue weighted by Gasteiger charge is 2.15. The van der Waals surface area contributed by atoms with Crippen LogP contribution >= 0.6 is 0 Å². The summed E-state index contributed by atoms with van der Waals surface area (Å²) in [5.74, 6) is 0.323. The standard InChI is InChI=1S/C31H31NO2/c33-21-9-14-26(25-12-5-2-6-13-25)22-27-17-18-28(30-16-8-7-15-29(27)30)23-31(34)32-20-19-24-10-3-1-4-11-24/h1-8,10-13,15-18,21,26H,9,14,19-20,22-23H2,(H,32,34). The Morgan fingerprint density at radius 2 is 1.38 bits per heavy atom. The Labute approximate surface area is 201 Å². The van der Waals surface area contributed by atoms with E-state index in [-0.39, 0.29) is 11.8 Å². The van der Waals surface area contributed by atoms with Gasteiger partial charge >= 0.3 is 0 Å². The smallest absolute Gasteiger partial charge is 0.224 e. The second-order valence-electron chi connectivity index (χ2n) is 8.75. The van der Waals surface area contributed by atoms with Gasteiger partial charge in [-0.3, -0.25) is 4.79 Å². The Bertz CT molecular complexity index is 1220. The van der Waals surface area contributed by atoms with E-state index in [0.717, 1.165) is 36.5 Å². The zero-order valence-corrected chi connectivity index (χ0v) is 19.5. The van der Waals surface area contributed by atoms with Crippen molar-refractivity contribution in [2.75, 3.05) is 6.54 Å². The number of aldehydes is 1. The number of benzene rings is 4. The number of carbonyl (C=O) groups excluding carboxylic acids is 2. The third-order valence-electron chi connectivity index (χ3n) is 6.40. The van der Waals surface area contributed by atoms with Crippen molar-refractivity contribution in [3.05, 3.63) is 119 Å². The highest BCUT2D eigenvalue weighted by Crippen LogP contribution is 2.30. The Kier molecular flexibility index (Phi) is 8.23. The van der Waals surface area contributed by atoms with Crippen LogP contribution < -0.4 is 5.32 Å². The lowest BCUT2D eigenvalue weighted by molar-refractivity contribution is -0.120. The first-order valence-corrected chi connectivity index (χ1v) is 12.0. The molecule has 0 bridgehead atoms. The molecule has 4 aromatic rings. The highest BCUT2D eigenvalue weighted by molar-refractivity contribution is 5.92. The molecule has 34 heavy (non-hydrogen) atoms. The van der Waals surface area contributed by atoms with Crippen LogP contribution in [0.15, 0.2) is 97.1 Å². The van der Waals surface area contributed by atoms with Gasteiger partial charge in [-0.05, 0) is 58.2 Å². The summed E-state index contributed by atoms with van der Waals surface area (Å²) in [6.07, 6.45) is 4.44. The van der Waals surface area contributed by atoms with Gasteiger partial charge in [-0.25, -0.2) is 0 Å². The predicted octanol–water partition coefficient (Wildman–Crippen LogP) is 6.05. The molecule has 0 aliphatic heterocycles. The monoisotopic (exact) mass is 449 g/mol. The van der Waals surface area contributed by atoms with Gasteiger partial charge in [-0.15, -0.1) is 0 Å². The molecule has 1 atom stereocenters. The van der Waals surface area contributed by atoms with Crippen molar-refractivity contribution in [3.8, 4) is 0 Å². The molecule has 0 saturated carbocycles. The Hall–Kier alpha value is -3.72. The molecule has 4 rings (SSSR count). The molecule has 3 heteroatoms. The summed E-state index contributed by atoms with van der Waals surface area (Å²) >= 11 is 0. The number of amides is 1. The maximum absolute atomic E-state index is 12.7. The largest absolute Gasteiger partial charge is 0.355 e. The first-order chi connectivity index (χ1) is 16.7. The minimum absolute atomic E-state index is 0.0435. The zero-order chi connectivity index (χ0) is 23.6. The number of fused-ring (bicyclic) bond motifs is 1. The summed E-state index contributed by atoms with van der Waals surface area (Å²) in [6, 6.07) is 33.2. The van der Waals surface area contributed by atoms with E-state index in [9.17, 15) is 9.59 Å². The van der Waals surface area contributed by atoms with E-state index in [1.165, 1.54) is 22.1 Å². The molecule has 1 amide bonds. The molecule has 0 aliphatic carbocycles. The minimum atomic E-state index is 0.0435. The lowest BCUT2D eigenvalue weighted by Gasteiger charge is -2.19. The summed E-state index contributed by atoms with van der Waals surface area (Å²) in [5.41, 5.74) is 4.78. The molecule has 1 N–H and O–H groups in total. The van der Waals surface area contributed by atoms with Crippen LogP contribution in [0.25, 0.3) is 10.8 Å². The number of nitrogens with one attached hydrogen (secondary N) is 1. The number of hydrogen-bond acceptors (Lipinski definition) is 2. The predicted molar refractivity (Wildman–Crippen MR) is 139 cm³/mol. The van der Waals surface area contributed by atoms with Crippen LogP contribution in [0.2, 0.25) is 0 Å². The molecule has 1 unspecified atom stereocenters. The quantitative estimate of drug-likeness (QED) is 0.284. The van der Waals surface area contributed by atoms with E-state index in [0.29, 0.717) is 19.4 Å². The average Bonchev–Trinajstić information content (AvgIpc) is 2.89. The van der Waals surface area contributed by atoms with Crippen LogP contribution in [0, 0.1) is 0 Å².